The quantitative estimate of drug-likeness (QED) is 0.565. The van der Waals surface area contributed by atoms with Gasteiger partial charge in [0, 0.05) is 18.7 Å². The van der Waals surface area contributed by atoms with E-state index in [1.165, 1.54) is 5.56 Å². The van der Waals surface area contributed by atoms with E-state index in [1.54, 1.807) is 35.5 Å². The van der Waals surface area contributed by atoms with Crippen molar-refractivity contribution in [3.8, 4) is 5.75 Å². The molecule has 2 aromatic carbocycles. The zero-order valence-corrected chi connectivity index (χ0v) is 18.3. The lowest BCUT2D eigenvalue weighted by Gasteiger charge is -2.22. The number of anilines is 1. The van der Waals surface area contributed by atoms with Gasteiger partial charge in [-0.05, 0) is 62.5 Å². The first kappa shape index (κ1) is 22.1. The van der Waals surface area contributed by atoms with Crippen LogP contribution in [0.2, 0.25) is 0 Å². The van der Waals surface area contributed by atoms with Gasteiger partial charge >= 0.3 is 0 Å². The molecule has 0 fully saturated rings. The van der Waals surface area contributed by atoms with Crippen molar-refractivity contribution >= 4 is 45.0 Å². The third-order valence-corrected chi connectivity index (χ3v) is 5.47. The average Bonchev–Trinajstić information content (AvgIpc) is 3.10. The minimum atomic E-state index is -0.0470. The molecule has 0 aliphatic carbocycles. The summed E-state index contributed by atoms with van der Waals surface area (Å²) in [5, 5.41) is 0.737. The third-order valence-electron chi connectivity index (χ3n) is 4.43. The van der Waals surface area contributed by atoms with E-state index < -0.39 is 0 Å². The Morgan fingerprint density at radius 1 is 1.11 bits per heavy atom. The summed E-state index contributed by atoms with van der Waals surface area (Å²) in [5.41, 5.74) is 2.84. The van der Waals surface area contributed by atoms with E-state index in [0.29, 0.717) is 12.1 Å². The molecule has 1 amide bonds. The predicted molar refractivity (Wildman–Crippen MR) is 119 cm³/mol. The van der Waals surface area contributed by atoms with E-state index >= 15 is 0 Å². The molecule has 3 aromatic rings. The number of thiazole rings is 1. The topological polar surface area (TPSA) is 45.7 Å². The van der Waals surface area contributed by atoms with Crippen LogP contribution >= 0.6 is 23.7 Å². The molecule has 3 rings (SSSR count). The highest BCUT2D eigenvalue weighted by Crippen LogP contribution is 2.30. The molecule has 0 saturated carbocycles. The number of nitrogens with zero attached hydrogens (tertiary/aromatic N) is 3. The summed E-state index contributed by atoms with van der Waals surface area (Å²) in [4.78, 5) is 21.8. The van der Waals surface area contributed by atoms with Gasteiger partial charge in [-0.15, -0.1) is 12.4 Å². The number of amides is 1. The molecule has 0 N–H and O–H groups in total. The van der Waals surface area contributed by atoms with Crippen LogP contribution in [0, 0.1) is 0 Å². The van der Waals surface area contributed by atoms with Crippen molar-refractivity contribution in [3.63, 3.8) is 0 Å². The van der Waals surface area contributed by atoms with Gasteiger partial charge in [-0.1, -0.05) is 24.3 Å². The van der Waals surface area contributed by atoms with Crippen LogP contribution in [0.3, 0.4) is 0 Å². The van der Waals surface area contributed by atoms with Crippen LogP contribution in [0.5, 0.6) is 5.75 Å². The highest BCUT2D eigenvalue weighted by molar-refractivity contribution is 7.22. The zero-order chi connectivity index (χ0) is 19.4. The highest BCUT2D eigenvalue weighted by atomic mass is 35.5. The lowest BCUT2D eigenvalue weighted by atomic mass is 10.2. The van der Waals surface area contributed by atoms with Gasteiger partial charge in [0.2, 0.25) is 0 Å². The van der Waals surface area contributed by atoms with Crippen LogP contribution in [0.1, 0.15) is 22.8 Å². The number of carbonyl (C=O) groups excluding carboxylic acids is 1. The second kappa shape index (κ2) is 9.87. The Morgan fingerprint density at radius 2 is 1.82 bits per heavy atom. The zero-order valence-electron chi connectivity index (χ0n) is 16.6. The van der Waals surface area contributed by atoms with E-state index in [4.69, 9.17) is 9.72 Å². The number of aryl methyl sites for hydroxylation is 1. The first-order valence-electron chi connectivity index (χ1n) is 9.02. The van der Waals surface area contributed by atoms with Crippen molar-refractivity contribution in [1.29, 1.82) is 0 Å². The molecule has 0 unspecified atom stereocenters. The minimum Gasteiger partial charge on any atom is -0.497 e. The molecule has 150 valence electrons. The van der Waals surface area contributed by atoms with Gasteiger partial charge in [-0.25, -0.2) is 4.98 Å². The highest BCUT2D eigenvalue weighted by Gasteiger charge is 2.21. The number of rotatable bonds is 7. The number of methoxy groups -OCH3 is 1. The number of hydrogen-bond acceptors (Lipinski definition) is 5. The fraction of sp³-hybridized carbons (Fsp3) is 0.333. The molecule has 1 aromatic heterocycles. The van der Waals surface area contributed by atoms with Crippen LogP contribution < -0.4 is 9.64 Å². The molecule has 0 aliphatic heterocycles. The van der Waals surface area contributed by atoms with Crippen molar-refractivity contribution in [3.05, 3.63) is 53.6 Å². The van der Waals surface area contributed by atoms with Crippen molar-refractivity contribution in [2.75, 3.05) is 39.2 Å². The Balaban J connectivity index is 0.00000280. The van der Waals surface area contributed by atoms with E-state index in [2.05, 4.69) is 24.0 Å². The fourth-order valence-electron chi connectivity index (χ4n) is 2.77. The smallest absolute Gasteiger partial charge is 0.260 e. The van der Waals surface area contributed by atoms with Gasteiger partial charge in [-0.3, -0.25) is 9.69 Å². The summed E-state index contributed by atoms with van der Waals surface area (Å²) < 4.78 is 6.31. The van der Waals surface area contributed by atoms with Crippen LogP contribution in [0.15, 0.2) is 42.5 Å². The number of benzene rings is 2. The molecule has 7 heteroatoms. The number of aromatic nitrogens is 1. The first-order chi connectivity index (χ1) is 13.0. The molecule has 0 spiro atoms. The van der Waals surface area contributed by atoms with Crippen LogP contribution in [-0.4, -0.2) is 50.1 Å². The molecular weight excluding hydrogens is 394 g/mol. The summed E-state index contributed by atoms with van der Waals surface area (Å²) in [7, 11) is 5.62. The second-order valence-corrected chi connectivity index (χ2v) is 7.65. The summed E-state index contributed by atoms with van der Waals surface area (Å²) in [6, 6.07) is 13.5. The maximum Gasteiger partial charge on any atom is 0.260 e. The molecule has 0 aliphatic rings. The van der Waals surface area contributed by atoms with Gasteiger partial charge in [0.15, 0.2) is 5.13 Å². The molecule has 5 nitrogen and oxygen atoms in total. The Morgan fingerprint density at radius 3 is 2.43 bits per heavy atom. The molecule has 0 radical (unpaired) electrons. The standard InChI is InChI=1S/C21H25N3O2S.ClH/c1-5-15-6-11-18-19(14-15)27-21(22-18)24(13-12-23(2)3)20(25)16-7-9-17(26-4)10-8-16;/h6-11,14H,5,12-13H2,1-4H3;1H. The van der Waals surface area contributed by atoms with E-state index in [9.17, 15) is 4.79 Å². The summed E-state index contributed by atoms with van der Waals surface area (Å²) in [6.07, 6.45) is 0.984. The lowest BCUT2D eigenvalue weighted by molar-refractivity contribution is 0.0985. The average molecular weight is 420 g/mol. The van der Waals surface area contributed by atoms with Gasteiger partial charge < -0.3 is 9.64 Å². The van der Waals surface area contributed by atoms with Crippen molar-refractivity contribution in [1.82, 2.24) is 9.88 Å². The van der Waals surface area contributed by atoms with E-state index in [0.717, 1.165) is 34.1 Å². The summed E-state index contributed by atoms with van der Waals surface area (Å²) in [6.45, 7) is 3.48. The van der Waals surface area contributed by atoms with Crippen LogP contribution in [0.25, 0.3) is 10.2 Å². The number of hydrogen-bond donors (Lipinski definition) is 0. The van der Waals surface area contributed by atoms with Crippen molar-refractivity contribution in [2.45, 2.75) is 13.3 Å². The Bertz CT molecular complexity index is 925. The molecular formula is C21H26ClN3O2S. The number of likely N-dealkylation sites (N-methyl/N-ethyl adjacent to an activating group) is 1. The van der Waals surface area contributed by atoms with E-state index in [-0.39, 0.29) is 18.3 Å². The van der Waals surface area contributed by atoms with Crippen LogP contribution in [0.4, 0.5) is 5.13 Å². The monoisotopic (exact) mass is 419 g/mol. The van der Waals surface area contributed by atoms with Gasteiger partial charge in [0.25, 0.3) is 5.91 Å². The number of carbonyl (C=O) groups is 1. The lowest BCUT2D eigenvalue weighted by Crippen LogP contribution is -2.36. The van der Waals surface area contributed by atoms with E-state index in [1.807, 2.05) is 32.3 Å². The summed E-state index contributed by atoms with van der Waals surface area (Å²) in [5.74, 6) is 0.688. The van der Waals surface area contributed by atoms with Crippen LogP contribution in [-0.2, 0) is 6.42 Å². The molecule has 28 heavy (non-hydrogen) atoms. The SMILES string of the molecule is CCc1ccc2nc(N(CCN(C)C)C(=O)c3ccc(OC)cc3)sc2c1.Cl. The molecule has 0 saturated heterocycles. The third kappa shape index (κ3) is 5.01. The fourth-order valence-corrected chi connectivity index (χ4v) is 3.82. The number of halogens is 1. The van der Waals surface area contributed by atoms with Gasteiger partial charge in [-0.2, -0.15) is 0 Å². The predicted octanol–water partition coefficient (Wildman–Crippen LogP) is 4.50. The van der Waals surface area contributed by atoms with Gasteiger partial charge in [0.1, 0.15) is 5.75 Å². The Kier molecular flexibility index (Phi) is 7.80. The Hall–Kier alpha value is -2.15. The minimum absolute atomic E-state index is 0. The molecule has 0 bridgehead atoms. The first-order valence-corrected chi connectivity index (χ1v) is 9.83. The van der Waals surface area contributed by atoms with Crippen molar-refractivity contribution in [2.24, 2.45) is 0 Å². The molecule has 0 atom stereocenters. The number of fused-ring (bicyclic) bond motifs is 1. The maximum atomic E-state index is 13.2. The van der Waals surface area contributed by atoms with Crippen molar-refractivity contribution < 1.29 is 9.53 Å². The molecule has 1 heterocycles. The summed E-state index contributed by atoms with van der Waals surface area (Å²) >= 11 is 1.57. The maximum absolute atomic E-state index is 13.2. The number of ether oxygens (including phenoxy) is 1. The van der Waals surface area contributed by atoms with Gasteiger partial charge in [0.05, 0.1) is 17.3 Å². The second-order valence-electron chi connectivity index (χ2n) is 6.64. The normalized spacial score (nSPS) is 10.8. The Labute approximate surface area is 176 Å². The largest absolute Gasteiger partial charge is 0.497 e.